The van der Waals surface area contributed by atoms with Gasteiger partial charge in [0.25, 0.3) is 0 Å². The summed E-state index contributed by atoms with van der Waals surface area (Å²) in [4.78, 5) is 2.16. The zero-order valence-corrected chi connectivity index (χ0v) is 29.8. The molecule has 252 valence electrons. The van der Waals surface area contributed by atoms with E-state index in [1.165, 1.54) is 59.9 Å². The van der Waals surface area contributed by atoms with E-state index in [2.05, 4.69) is 184 Å². The van der Waals surface area contributed by atoms with Crippen molar-refractivity contribution in [1.82, 2.24) is 13.7 Å². The lowest BCUT2D eigenvalue weighted by atomic mass is 10.0. The Kier molecular flexibility index (Phi) is 6.82. The van der Waals surface area contributed by atoms with Crippen LogP contribution in [0.25, 0.3) is 82.5 Å². The molecule has 4 nitrogen and oxygen atoms in total. The van der Waals surface area contributed by atoms with Gasteiger partial charge in [0.2, 0.25) is 0 Å². The Labute approximate surface area is 315 Å². The third kappa shape index (κ3) is 4.44. The second kappa shape index (κ2) is 12.0. The number of fused-ring (bicyclic) bond motifs is 12. The first-order valence-electron chi connectivity index (χ1n) is 18.1. The number of aromatic nitrogens is 3. The molecule has 0 bridgehead atoms. The van der Waals surface area contributed by atoms with Crippen molar-refractivity contribution in [2.45, 2.75) is 9.79 Å². The van der Waals surface area contributed by atoms with Crippen molar-refractivity contribution in [3.8, 4) is 23.1 Å². The number of hydrogen-bond acceptors (Lipinski definition) is 2. The van der Waals surface area contributed by atoms with Gasteiger partial charge in [-0.25, -0.2) is 0 Å². The summed E-state index contributed by atoms with van der Waals surface area (Å²) in [6.45, 7) is 0. The van der Waals surface area contributed by atoms with E-state index in [1.807, 2.05) is 18.2 Å². The summed E-state index contributed by atoms with van der Waals surface area (Å²) >= 11 is 1.67. The topological polar surface area (TPSA) is 38.6 Å². The van der Waals surface area contributed by atoms with Crippen LogP contribution in [-0.2, 0) is 0 Å². The van der Waals surface area contributed by atoms with Crippen LogP contribution < -0.4 is 0 Å². The van der Waals surface area contributed by atoms with Crippen LogP contribution in [0.4, 0.5) is 0 Å². The molecule has 0 saturated carbocycles. The van der Waals surface area contributed by atoms with Crippen LogP contribution in [0.15, 0.2) is 192 Å². The second-order valence-electron chi connectivity index (χ2n) is 13.6. The standard InChI is InChI=1S/C49H30N4S/c50-31-32-14-13-19-37(30-32)54-36-28-26-35(27-29-36)53-43-25-12-9-22-40(43)46-48-44(38-20-7-10-23-41(38)51(48)33-15-3-1-4-16-33)47-45(49(46)53)39-21-8-11-24-42(39)52(47)34-17-5-2-6-18-34/h1-30H. The summed E-state index contributed by atoms with van der Waals surface area (Å²) in [5.74, 6) is 0. The van der Waals surface area contributed by atoms with Gasteiger partial charge in [-0.2, -0.15) is 5.26 Å². The first kappa shape index (κ1) is 30.6. The van der Waals surface area contributed by atoms with Crippen molar-refractivity contribution in [2.24, 2.45) is 0 Å². The molecule has 0 atom stereocenters. The Morgan fingerprint density at radius 2 is 0.778 bits per heavy atom. The van der Waals surface area contributed by atoms with E-state index in [0.29, 0.717) is 5.56 Å². The Morgan fingerprint density at radius 3 is 1.22 bits per heavy atom. The number of nitrogens with zero attached hydrogens (tertiary/aromatic N) is 4. The molecule has 11 aromatic rings. The van der Waals surface area contributed by atoms with Crippen molar-refractivity contribution in [2.75, 3.05) is 0 Å². The summed E-state index contributed by atoms with van der Waals surface area (Å²) in [6.07, 6.45) is 0. The second-order valence-corrected chi connectivity index (χ2v) is 14.8. The highest BCUT2D eigenvalue weighted by Gasteiger charge is 2.28. The largest absolute Gasteiger partial charge is 0.308 e. The van der Waals surface area contributed by atoms with E-state index < -0.39 is 0 Å². The lowest BCUT2D eigenvalue weighted by Gasteiger charge is -2.13. The first-order chi connectivity index (χ1) is 26.8. The van der Waals surface area contributed by atoms with Crippen LogP contribution in [0, 0.1) is 11.3 Å². The molecule has 0 amide bonds. The van der Waals surface area contributed by atoms with Crippen molar-refractivity contribution in [3.63, 3.8) is 0 Å². The van der Waals surface area contributed by atoms with Crippen LogP contribution in [-0.4, -0.2) is 13.7 Å². The normalized spacial score (nSPS) is 11.8. The average molecular weight is 707 g/mol. The minimum atomic E-state index is 0.666. The molecule has 3 aromatic heterocycles. The van der Waals surface area contributed by atoms with Crippen LogP contribution in [0.1, 0.15) is 5.56 Å². The van der Waals surface area contributed by atoms with Gasteiger partial charge >= 0.3 is 0 Å². The number of hydrogen-bond donors (Lipinski definition) is 0. The summed E-state index contributed by atoms with van der Waals surface area (Å²) in [5, 5.41) is 16.8. The zero-order chi connectivity index (χ0) is 35.8. The summed E-state index contributed by atoms with van der Waals surface area (Å²) < 4.78 is 7.43. The number of benzene rings is 8. The Hall–Kier alpha value is -7.00. The van der Waals surface area contributed by atoms with Gasteiger partial charge < -0.3 is 13.7 Å². The van der Waals surface area contributed by atoms with Crippen LogP contribution >= 0.6 is 11.8 Å². The number of rotatable bonds is 5. The smallest absolute Gasteiger partial charge is 0.0992 e. The van der Waals surface area contributed by atoms with Crippen molar-refractivity contribution < 1.29 is 0 Å². The van der Waals surface area contributed by atoms with E-state index in [-0.39, 0.29) is 0 Å². The maximum Gasteiger partial charge on any atom is 0.0992 e. The summed E-state index contributed by atoms with van der Waals surface area (Å²) in [6, 6.07) is 67.1. The molecular weight excluding hydrogens is 677 g/mol. The van der Waals surface area contributed by atoms with E-state index >= 15 is 0 Å². The summed E-state index contributed by atoms with van der Waals surface area (Å²) in [5.41, 5.74) is 11.1. The molecule has 11 rings (SSSR count). The van der Waals surface area contributed by atoms with E-state index in [9.17, 15) is 5.26 Å². The van der Waals surface area contributed by atoms with Gasteiger partial charge in [0, 0.05) is 59.2 Å². The lowest BCUT2D eigenvalue weighted by molar-refractivity contribution is 1.17. The highest BCUT2D eigenvalue weighted by Crippen LogP contribution is 2.50. The molecule has 8 aromatic carbocycles. The molecule has 0 N–H and O–H groups in total. The van der Waals surface area contributed by atoms with Gasteiger partial charge in [0.1, 0.15) is 0 Å². The van der Waals surface area contributed by atoms with Gasteiger partial charge in [0.05, 0.1) is 44.7 Å². The molecular formula is C49H30N4S. The van der Waals surface area contributed by atoms with Gasteiger partial charge in [-0.3, -0.25) is 0 Å². The molecule has 0 fully saturated rings. The molecule has 5 heteroatoms. The van der Waals surface area contributed by atoms with Crippen LogP contribution in [0.5, 0.6) is 0 Å². The van der Waals surface area contributed by atoms with Crippen molar-refractivity contribution in [1.29, 1.82) is 5.26 Å². The maximum absolute atomic E-state index is 9.47. The van der Waals surface area contributed by atoms with Gasteiger partial charge in [-0.1, -0.05) is 109 Å². The molecule has 0 radical (unpaired) electrons. The first-order valence-corrected chi connectivity index (χ1v) is 18.9. The molecule has 3 heterocycles. The highest BCUT2D eigenvalue weighted by atomic mass is 32.2. The average Bonchev–Trinajstić information content (AvgIpc) is 3.88. The molecule has 54 heavy (non-hydrogen) atoms. The molecule has 0 spiro atoms. The lowest BCUT2D eigenvalue weighted by Crippen LogP contribution is -1.98. The minimum absolute atomic E-state index is 0.666. The third-order valence-electron chi connectivity index (χ3n) is 10.7. The van der Waals surface area contributed by atoms with Crippen LogP contribution in [0.3, 0.4) is 0 Å². The fraction of sp³-hybridized carbons (Fsp3) is 0. The maximum atomic E-state index is 9.47. The fourth-order valence-electron chi connectivity index (χ4n) is 8.54. The quantitative estimate of drug-likeness (QED) is 0.179. The minimum Gasteiger partial charge on any atom is -0.308 e. The van der Waals surface area contributed by atoms with E-state index in [4.69, 9.17) is 0 Å². The predicted molar refractivity (Wildman–Crippen MR) is 225 cm³/mol. The molecule has 0 aliphatic carbocycles. The summed E-state index contributed by atoms with van der Waals surface area (Å²) in [7, 11) is 0. The fourth-order valence-corrected chi connectivity index (χ4v) is 9.41. The third-order valence-corrected chi connectivity index (χ3v) is 11.7. The predicted octanol–water partition coefficient (Wildman–Crippen LogP) is 13.0. The highest BCUT2D eigenvalue weighted by molar-refractivity contribution is 7.99. The van der Waals surface area contributed by atoms with Crippen molar-refractivity contribution in [3.05, 3.63) is 188 Å². The van der Waals surface area contributed by atoms with Crippen molar-refractivity contribution >= 4 is 77.2 Å². The number of para-hydroxylation sites is 5. The number of nitriles is 1. The van der Waals surface area contributed by atoms with E-state index in [0.717, 1.165) is 32.4 Å². The van der Waals surface area contributed by atoms with E-state index in [1.54, 1.807) is 11.8 Å². The van der Waals surface area contributed by atoms with Crippen LogP contribution in [0.2, 0.25) is 0 Å². The Bertz CT molecular complexity index is 3220. The zero-order valence-electron chi connectivity index (χ0n) is 29.0. The SMILES string of the molecule is N#Cc1cccc(Sc2ccc(-n3c4ccccc4c4c5c(c6ccccc6n5-c5ccccc5)c5c(c6ccccc6n5-c5ccccc5)c43)cc2)c1. The molecule has 0 aliphatic heterocycles. The molecule has 0 aliphatic rings. The molecule has 0 unspecified atom stereocenters. The van der Waals surface area contributed by atoms with Gasteiger partial charge in [0.15, 0.2) is 0 Å². The Morgan fingerprint density at radius 1 is 0.370 bits per heavy atom. The Balaban J connectivity index is 1.34. The molecule has 0 saturated heterocycles. The van der Waals surface area contributed by atoms with Gasteiger partial charge in [-0.15, -0.1) is 0 Å². The van der Waals surface area contributed by atoms with Gasteiger partial charge in [-0.05, 0) is 84.9 Å². The monoisotopic (exact) mass is 706 g/mol.